The van der Waals surface area contributed by atoms with E-state index in [2.05, 4.69) is 5.32 Å². The zero-order valence-electron chi connectivity index (χ0n) is 17.2. The van der Waals surface area contributed by atoms with E-state index in [1.165, 1.54) is 4.90 Å². The lowest BCUT2D eigenvalue weighted by Gasteiger charge is -2.20. The van der Waals surface area contributed by atoms with E-state index in [4.69, 9.17) is 16.3 Å². The van der Waals surface area contributed by atoms with Crippen molar-refractivity contribution in [2.24, 2.45) is 0 Å². The highest BCUT2D eigenvalue weighted by Gasteiger charge is 2.40. The van der Waals surface area contributed by atoms with Crippen LogP contribution in [0.1, 0.15) is 39.0 Å². The minimum absolute atomic E-state index is 0.250. The van der Waals surface area contributed by atoms with Crippen molar-refractivity contribution in [3.63, 3.8) is 0 Å². The summed E-state index contributed by atoms with van der Waals surface area (Å²) in [6, 6.07) is 13.8. The number of carbonyl (C=O) groups excluding carboxylic acids is 3. The molecule has 31 heavy (non-hydrogen) atoms. The third kappa shape index (κ3) is 4.21. The molecule has 0 fully saturated rings. The average Bonchev–Trinajstić information content (AvgIpc) is 3.04. The van der Waals surface area contributed by atoms with Gasteiger partial charge in [-0.25, -0.2) is 4.90 Å². The second-order valence-corrected chi connectivity index (χ2v) is 8.00. The van der Waals surface area contributed by atoms with Gasteiger partial charge in [0.2, 0.25) is 0 Å². The number of imide groups is 1. The quantitative estimate of drug-likeness (QED) is 0.652. The van der Waals surface area contributed by atoms with Gasteiger partial charge in [0.25, 0.3) is 17.7 Å². The fraction of sp³-hybridized carbons (Fsp3) is 0.292. The number of halogens is 1. The number of nitrogens with zero attached hydrogens (tertiary/aromatic N) is 1. The number of benzene rings is 2. The number of hydrogen-bond acceptors (Lipinski definition) is 4. The summed E-state index contributed by atoms with van der Waals surface area (Å²) < 4.78 is 5.91. The predicted molar refractivity (Wildman–Crippen MR) is 119 cm³/mol. The van der Waals surface area contributed by atoms with Crippen LogP contribution in [0.25, 0.3) is 0 Å². The first-order valence-electron chi connectivity index (χ1n) is 10.4. The van der Waals surface area contributed by atoms with Gasteiger partial charge in [-0.2, -0.15) is 0 Å². The van der Waals surface area contributed by atoms with Crippen molar-refractivity contribution in [3.8, 4) is 5.75 Å². The molecule has 0 bridgehead atoms. The van der Waals surface area contributed by atoms with Gasteiger partial charge in [0.15, 0.2) is 6.10 Å². The maximum absolute atomic E-state index is 12.8. The van der Waals surface area contributed by atoms with Crippen molar-refractivity contribution in [1.29, 1.82) is 0 Å². The van der Waals surface area contributed by atoms with Gasteiger partial charge in [-0.15, -0.1) is 0 Å². The molecule has 1 unspecified atom stereocenters. The Morgan fingerprint density at radius 3 is 2.32 bits per heavy atom. The van der Waals surface area contributed by atoms with Gasteiger partial charge >= 0.3 is 0 Å². The van der Waals surface area contributed by atoms with Crippen LogP contribution in [0, 0.1) is 0 Å². The highest BCUT2D eigenvalue weighted by molar-refractivity contribution is 6.34. The van der Waals surface area contributed by atoms with Gasteiger partial charge in [0, 0.05) is 22.9 Å². The van der Waals surface area contributed by atoms with Crippen LogP contribution in [0.3, 0.4) is 0 Å². The highest BCUT2D eigenvalue weighted by atomic mass is 35.5. The van der Waals surface area contributed by atoms with Crippen molar-refractivity contribution in [3.05, 3.63) is 64.7 Å². The van der Waals surface area contributed by atoms with Crippen molar-refractivity contribution in [2.75, 3.05) is 10.2 Å². The largest absolute Gasteiger partial charge is 0.479 e. The molecule has 6 nitrogen and oxygen atoms in total. The molecule has 3 amide bonds. The van der Waals surface area contributed by atoms with E-state index in [1.54, 1.807) is 30.3 Å². The minimum Gasteiger partial charge on any atom is -0.479 e. The fourth-order valence-corrected chi connectivity index (χ4v) is 4.08. The average molecular weight is 439 g/mol. The van der Waals surface area contributed by atoms with Gasteiger partial charge in [-0.05, 0) is 56.4 Å². The number of amides is 3. The first kappa shape index (κ1) is 21.1. The first-order valence-corrected chi connectivity index (χ1v) is 10.8. The van der Waals surface area contributed by atoms with Crippen molar-refractivity contribution < 1.29 is 19.1 Å². The summed E-state index contributed by atoms with van der Waals surface area (Å²) in [5.41, 5.74) is 2.28. The molecule has 2 aliphatic rings. The Bertz CT molecular complexity index is 1040. The molecule has 2 aromatic carbocycles. The minimum atomic E-state index is -0.788. The van der Waals surface area contributed by atoms with Crippen LogP contribution >= 0.6 is 11.6 Å². The second kappa shape index (κ2) is 8.94. The highest BCUT2D eigenvalue weighted by Crippen LogP contribution is 2.38. The normalized spacial score (nSPS) is 16.9. The van der Waals surface area contributed by atoms with E-state index in [1.807, 2.05) is 25.1 Å². The van der Waals surface area contributed by atoms with Gasteiger partial charge < -0.3 is 10.1 Å². The van der Waals surface area contributed by atoms with Crippen molar-refractivity contribution in [1.82, 2.24) is 0 Å². The molecule has 0 spiro atoms. The van der Waals surface area contributed by atoms with E-state index in [0.717, 1.165) is 12.8 Å². The molecule has 0 aromatic heterocycles. The van der Waals surface area contributed by atoms with Gasteiger partial charge in [0.1, 0.15) is 5.75 Å². The first-order chi connectivity index (χ1) is 15.0. The van der Waals surface area contributed by atoms with Crippen LogP contribution in [-0.2, 0) is 14.4 Å². The molecule has 160 valence electrons. The monoisotopic (exact) mass is 438 g/mol. The van der Waals surface area contributed by atoms with Crippen molar-refractivity contribution in [2.45, 2.75) is 45.1 Å². The van der Waals surface area contributed by atoms with E-state index in [-0.39, 0.29) is 23.5 Å². The van der Waals surface area contributed by atoms with E-state index in [0.29, 0.717) is 46.8 Å². The molecule has 0 saturated carbocycles. The maximum atomic E-state index is 12.8. The summed E-state index contributed by atoms with van der Waals surface area (Å²) in [4.78, 5) is 39.5. The molecular formula is C24H23ClN2O4. The summed E-state index contributed by atoms with van der Waals surface area (Å²) in [5.74, 6) is -0.607. The summed E-state index contributed by atoms with van der Waals surface area (Å²) in [5, 5.41) is 3.12. The number of carbonyl (C=O) groups is 3. The fourth-order valence-electron chi connectivity index (χ4n) is 3.92. The Balaban J connectivity index is 1.54. The zero-order valence-corrected chi connectivity index (χ0v) is 17.9. The number of rotatable bonds is 6. The molecule has 4 rings (SSSR count). The summed E-state index contributed by atoms with van der Waals surface area (Å²) >= 11 is 6.31. The Labute approximate surface area is 185 Å². The van der Waals surface area contributed by atoms with E-state index >= 15 is 0 Å². The maximum Gasteiger partial charge on any atom is 0.265 e. The third-order valence-corrected chi connectivity index (χ3v) is 5.85. The number of ether oxygens (including phenoxy) is 1. The van der Waals surface area contributed by atoms with Crippen LogP contribution < -0.4 is 15.0 Å². The van der Waals surface area contributed by atoms with Gasteiger partial charge in [-0.1, -0.05) is 36.7 Å². The molecule has 1 aliphatic heterocycles. The van der Waals surface area contributed by atoms with E-state index < -0.39 is 6.10 Å². The smallest absolute Gasteiger partial charge is 0.265 e. The summed E-state index contributed by atoms with van der Waals surface area (Å²) in [6.45, 7) is 1.83. The molecule has 7 heteroatoms. The zero-order chi connectivity index (χ0) is 22.0. The lowest BCUT2D eigenvalue weighted by molar-refractivity contribution is -0.123. The number of hydrogen-bond donors (Lipinski definition) is 1. The lowest BCUT2D eigenvalue weighted by atomic mass is 9.93. The predicted octanol–water partition coefficient (Wildman–Crippen LogP) is 4.88. The SMILES string of the molecule is CCC(Oc1cc(N2C(=O)C3=C(CCCC3)C2=O)ccc1Cl)C(=O)Nc1ccccc1. The number of nitrogens with one attached hydrogen (secondary N) is 1. The Hall–Kier alpha value is -3.12. The van der Waals surface area contributed by atoms with Gasteiger partial charge in [-0.3, -0.25) is 14.4 Å². The topological polar surface area (TPSA) is 75.7 Å². The lowest BCUT2D eigenvalue weighted by Crippen LogP contribution is -2.33. The molecule has 1 aliphatic carbocycles. The standard InChI is InChI=1S/C24H23ClN2O4/c1-2-20(22(28)26-15-8-4-3-5-9-15)31-21-14-16(12-13-19(21)25)27-23(29)17-10-6-7-11-18(17)24(27)30/h3-5,8-9,12-14,20H,2,6-7,10-11H2,1H3,(H,26,28). The third-order valence-electron chi connectivity index (χ3n) is 5.54. The Morgan fingerprint density at radius 1 is 1.06 bits per heavy atom. The number of anilines is 2. The molecular weight excluding hydrogens is 416 g/mol. The molecule has 1 N–H and O–H groups in total. The molecule has 0 radical (unpaired) electrons. The summed E-state index contributed by atoms with van der Waals surface area (Å²) in [7, 11) is 0. The molecule has 1 heterocycles. The van der Waals surface area contributed by atoms with Gasteiger partial charge in [0.05, 0.1) is 10.7 Å². The van der Waals surface area contributed by atoms with Crippen LogP contribution in [0.5, 0.6) is 5.75 Å². The molecule has 2 aromatic rings. The van der Waals surface area contributed by atoms with Crippen LogP contribution in [0.4, 0.5) is 11.4 Å². The van der Waals surface area contributed by atoms with Crippen LogP contribution in [-0.4, -0.2) is 23.8 Å². The molecule has 0 saturated heterocycles. The van der Waals surface area contributed by atoms with Crippen molar-refractivity contribution >= 4 is 40.7 Å². The molecule has 1 atom stereocenters. The Kier molecular flexibility index (Phi) is 6.09. The van der Waals surface area contributed by atoms with Crippen LogP contribution in [0.2, 0.25) is 5.02 Å². The Morgan fingerprint density at radius 2 is 1.71 bits per heavy atom. The summed E-state index contributed by atoms with van der Waals surface area (Å²) in [6.07, 6.45) is 2.71. The number of para-hydroxylation sites is 1. The van der Waals surface area contributed by atoms with E-state index in [9.17, 15) is 14.4 Å². The van der Waals surface area contributed by atoms with Crippen LogP contribution in [0.15, 0.2) is 59.7 Å². The second-order valence-electron chi connectivity index (χ2n) is 7.59.